The average Bonchev–Trinajstić information content (AvgIpc) is 2.28. The molecule has 1 aromatic rings. The van der Waals surface area contributed by atoms with Crippen LogP contribution in [0.2, 0.25) is 0 Å². The SMILES string of the molecule is CC(=O)c1ccc(N(C)CCF)c([N+](=O)[O-])c1. The topological polar surface area (TPSA) is 63.5 Å². The molecule has 0 fully saturated rings. The quantitative estimate of drug-likeness (QED) is 0.449. The Kier molecular flexibility index (Phi) is 4.14. The van der Waals surface area contributed by atoms with Crippen molar-refractivity contribution in [2.45, 2.75) is 6.92 Å². The molecule has 6 heteroatoms. The van der Waals surface area contributed by atoms with E-state index in [1.807, 2.05) is 0 Å². The molecule has 0 aliphatic rings. The number of hydrogen-bond acceptors (Lipinski definition) is 4. The lowest BCUT2D eigenvalue weighted by Crippen LogP contribution is -2.21. The third-order valence-electron chi connectivity index (χ3n) is 2.41. The van der Waals surface area contributed by atoms with Gasteiger partial charge < -0.3 is 4.90 Å². The molecule has 0 radical (unpaired) electrons. The zero-order valence-corrected chi connectivity index (χ0v) is 9.64. The van der Waals surface area contributed by atoms with Crippen molar-refractivity contribution in [2.75, 3.05) is 25.2 Å². The van der Waals surface area contributed by atoms with Gasteiger partial charge in [-0.3, -0.25) is 14.9 Å². The Morgan fingerprint density at radius 1 is 1.53 bits per heavy atom. The highest BCUT2D eigenvalue weighted by atomic mass is 19.1. The molecule has 0 saturated carbocycles. The summed E-state index contributed by atoms with van der Waals surface area (Å²) in [6.07, 6.45) is 0. The number of nitrogens with zero attached hydrogens (tertiary/aromatic N) is 2. The van der Waals surface area contributed by atoms with E-state index in [9.17, 15) is 19.3 Å². The van der Waals surface area contributed by atoms with E-state index in [1.54, 1.807) is 7.05 Å². The van der Waals surface area contributed by atoms with Crippen molar-refractivity contribution in [1.82, 2.24) is 0 Å². The Bertz CT molecular complexity index is 448. The minimum Gasteiger partial charge on any atom is -0.366 e. The van der Waals surface area contributed by atoms with Crippen LogP contribution in [0.1, 0.15) is 17.3 Å². The second-order valence-electron chi connectivity index (χ2n) is 3.63. The van der Waals surface area contributed by atoms with Crippen molar-refractivity contribution in [3.63, 3.8) is 0 Å². The van der Waals surface area contributed by atoms with E-state index >= 15 is 0 Å². The lowest BCUT2D eigenvalue weighted by atomic mass is 10.1. The van der Waals surface area contributed by atoms with Gasteiger partial charge >= 0.3 is 0 Å². The number of rotatable bonds is 5. The Balaban J connectivity index is 3.22. The predicted octanol–water partition coefficient (Wildman–Crippen LogP) is 2.20. The van der Waals surface area contributed by atoms with Crippen LogP contribution >= 0.6 is 0 Å². The molecular formula is C11H13FN2O3. The van der Waals surface area contributed by atoms with Crippen LogP contribution < -0.4 is 4.90 Å². The summed E-state index contributed by atoms with van der Waals surface area (Å²) in [5, 5.41) is 10.9. The number of benzene rings is 1. The maximum absolute atomic E-state index is 12.2. The maximum Gasteiger partial charge on any atom is 0.293 e. The summed E-state index contributed by atoms with van der Waals surface area (Å²) in [7, 11) is 1.56. The Labute approximate surface area is 98.0 Å². The molecule has 0 amide bonds. The largest absolute Gasteiger partial charge is 0.366 e. The van der Waals surface area contributed by atoms with E-state index in [0.29, 0.717) is 5.69 Å². The Morgan fingerprint density at radius 2 is 2.18 bits per heavy atom. The van der Waals surface area contributed by atoms with Gasteiger partial charge in [0.1, 0.15) is 12.4 Å². The first-order valence-electron chi connectivity index (χ1n) is 5.04. The van der Waals surface area contributed by atoms with Gasteiger partial charge in [0.2, 0.25) is 0 Å². The summed E-state index contributed by atoms with van der Waals surface area (Å²) >= 11 is 0. The summed E-state index contributed by atoms with van der Waals surface area (Å²) in [5.41, 5.74) is 0.389. The number of carbonyl (C=O) groups excluding carboxylic acids is 1. The second-order valence-corrected chi connectivity index (χ2v) is 3.63. The molecule has 1 rings (SSSR count). The number of halogens is 1. The standard InChI is InChI=1S/C11H13FN2O3/c1-8(15)9-3-4-10(13(2)6-5-12)11(7-9)14(16)17/h3-4,7H,5-6H2,1-2H3. The summed E-state index contributed by atoms with van der Waals surface area (Å²) in [4.78, 5) is 22.9. The summed E-state index contributed by atoms with van der Waals surface area (Å²) < 4.78 is 12.2. The number of anilines is 1. The van der Waals surface area contributed by atoms with Crippen molar-refractivity contribution >= 4 is 17.2 Å². The third-order valence-corrected chi connectivity index (χ3v) is 2.41. The fourth-order valence-electron chi connectivity index (χ4n) is 1.46. The number of alkyl halides is 1. The summed E-state index contributed by atoms with van der Waals surface area (Å²) in [5.74, 6) is -0.243. The van der Waals surface area contributed by atoms with Crippen LogP contribution in [0.5, 0.6) is 0 Å². The van der Waals surface area contributed by atoms with Crippen molar-refractivity contribution in [1.29, 1.82) is 0 Å². The van der Waals surface area contributed by atoms with Gasteiger partial charge in [0, 0.05) is 25.2 Å². The molecule has 0 bridgehead atoms. The molecule has 0 heterocycles. The van der Waals surface area contributed by atoms with E-state index in [1.165, 1.54) is 30.0 Å². The monoisotopic (exact) mass is 240 g/mol. The molecule has 0 aliphatic heterocycles. The Morgan fingerprint density at radius 3 is 2.65 bits per heavy atom. The van der Waals surface area contributed by atoms with E-state index < -0.39 is 11.6 Å². The molecule has 0 aliphatic carbocycles. The minimum absolute atomic E-state index is 0.0697. The molecule has 1 aromatic carbocycles. The maximum atomic E-state index is 12.2. The normalized spacial score (nSPS) is 10.1. The highest BCUT2D eigenvalue weighted by molar-refractivity contribution is 5.95. The van der Waals surface area contributed by atoms with Gasteiger partial charge in [-0.1, -0.05) is 0 Å². The Hall–Kier alpha value is -1.98. The highest BCUT2D eigenvalue weighted by Gasteiger charge is 2.18. The smallest absolute Gasteiger partial charge is 0.293 e. The van der Waals surface area contributed by atoms with Gasteiger partial charge in [-0.2, -0.15) is 0 Å². The molecule has 0 saturated heterocycles. The van der Waals surface area contributed by atoms with Crippen LogP contribution in [-0.2, 0) is 0 Å². The highest BCUT2D eigenvalue weighted by Crippen LogP contribution is 2.28. The lowest BCUT2D eigenvalue weighted by molar-refractivity contribution is -0.384. The van der Waals surface area contributed by atoms with Crippen LogP contribution in [0.3, 0.4) is 0 Å². The van der Waals surface area contributed by atoms with Crippen LogP contribution in [0.15, 0.2) is 18.2 Å². The van der Waals surface area contributed by atoms with Gasteiger partial charge in [0.25, 0.3) is 5.69 Å². The van der Waals surface area contributed by atoms with E-state index in [4.69, 9.17) is 0 Å². The third kappa shape index (κ3) is 2.99. The number of hydrogen-bond donors (Lipinski definition) is 0. The van der Waals surface area contributed by atoms with Crippen LogP contribution in [-0.4, -0.2) is 31.0 Å². The number of nitro groups is 1. The number of carbonyl (C=O) groups is 1. The molecule has 0 aromatic heterocycles. The van der Waals surface area contributed by atoms with Gasteiger partial charge in [0.05, 0.1) is 4.92 Å². The lowest BCUT2D eigenvalue weighted by Gasteiger charge is -2.17. The summed E-state index contributed by atoms with van der Waals surface area (Å²) in [6, 6.07) is 4.18. The van der Waals surface area contributed by atoms with Crippen molar-refractivity contribution in [3.8, 4) is 0 Å². The minimum atomic E-state index is -0.595. The molecule has 0 unspecified atom stereocenters. The van der Waals surface area contributed by atoms with Gasteiger partial charge in [-0.05, 0) is 19.1 Å². The van der Waals surface area contributed by atoms with E-state index in [-0.39, 0.29) is 23.6 Å². The molecule has 5 nitrogen and oxygen atoms in total. The first-order valence-corrected chi connectivity index (χ1v) is 5.04. The number of ketones is 1. The van der Waals surface area contributed by atoms with Gasteiger partial charge in [-0.25, -0.2) is 4.39 Å². The molecule has 0 spiro atoms. The first-order chi connectivity index (χ1) is 7.97. The van der Waals surface area contributed by atoms with Gasteiger partial charge in [-0.15, -0.1) is 0 Å². The van der Waals surface area contributed by atoms with Crippen LogP contribution in [0, 0.1) is 10.1 Å². The second kappa shape index (κ2) is 5.38. The number of Topliss-reactive ketones (excluding diaryl/α,β-unsaturated/α-hetero) is 1. The van der Waals surface area contributed by atoms with Crippen LogP contribution in [0.4, 0.5) is 15.8 Å². The molecule has 0 N–H and O–H groups in total. The summed E-state index contributed by atoms with van der Waals surface area (Å²) in [6.45, 7) is 0.812. The fourth-order valence-corrected chi connectivity index (χ4v) is 1.46. The van der Waals surface area contributed by atoms with E-state index in [2.05, 4.69) is 0 Å². The fraction of sp³-hybridized carbons (Fsp3) is 0.364. The predicted molar refractivity (Wildman–Crippen MR) is 62.3 cm³/mol. The molecular weight excluding hydrogens is 227 g/mol. The molecule has 92 valence electrons. The van der Waals surface area contributed by atoms with Gasteiger partial charge in [0.15, 0.2) is 5.78 Å². The van der Waals surface area contributed by atoms with Crippen molar-refractivity contribution in [2.24, 2.45) is 0 Å². The molecule has 17 heavy (non-hydrogen) atoms. The van der Waals surface area contributed by atoms with Crippen molar-refractivity contribution < 1.29 is 14.1 Å². The average molecular weight is 240 g/mol. The van der Waals surface area contributed by atoms with Crippen LogP contribution in [0.25, 0.3) is 0 Å². The molecule has 0 atom stereocenters. The number of nitro benzene ring substituents is 1. The van der Waals surface area contributed by atoms with E-state index in [0.717, 1.165) is 0 Å². The van der Waals surface area contributed by atoms with Crippen molar-refractivity contribution in [3.05, 3.63) is 33.9 Å². The zero-order chi connectivity index (χ0) is 13.0. The first kappa shape index (κ1) is 13.1. The zero-order valence-electron chi connectivity index (χ0n) is 9.64.